The zero-order valence-corrected chi connectivity index (χ0v) is 11.1. The predicted octanol–water partition coefficient (Wildman–Crippen LogP) is 1.19. The van der Waals surface area contributed by atoms with Crippen LogP contribution in [0.25, 0.3) is 0 Å². The Labute approximate surface area is 108 Å². The molecular formula is C13H23N3O2. The lowest BCUT2D eigenvalue weighted by molar-refractivity contribution is 0.0676. The second-order valence-electron chi connectivity index (χ2n) is 4.66. The van der Waals surface area contributed by atoms with Gasteiger partial charge in [-0.15, -0.1) is 0 Å². The normalized spacial score (nSPS) is 15.2. The third-order valence-corrected chi connectivity index (χ3v) is 3.04. The predicted molar refractivity (Wildman–Crippen MR) is 69.4 cm³/mol. The third-order valence-electron chi connectivity index (χ3n) is 3.04. The van der Waals surface area contributed by atoms with Gasteiger partial charge in [0.15, 0.2) is 0 Å². The Morgan fingerprint density at radius 1 is 1.39 bits per heavy atom. The average Bonchev–Trinajstić information content (AvgIpc) is 3.11. The van der Waals surface area contributed by atoms with E-state index in [0.717, 1.165) is 32.2 Å². The van der Waals surface area contributed by atoms with Crippen molar-refractivity contribution >= 4 is 0 Å². The molecule has 0 radical (unpaired) electrons. The number of hydrogen-bond donors (Lipinski definition) is 1. The Bertz CT molecular complexity index is 337. The number of methoxy groups -OCH3 is 1. The molecule has 0 aromatic carbocycles. The minimum atomic E-state index is 0.665. The fraction of sp³-hybridized carbons (Fsp3) is 0.769. The first-order valence-electron chi connectivity index (χ1n) is 6.71. The molecule has 0 bridgehead atoms. The van der Waals surface area contributed by atoms with Gasteiger partial charge in [0.2, 0.25) is 0 Å². The van der Waals surface area contributed by atoms with E-state index in [1.54, 1.807) is 7.11 Å². The maximum absolute atomic E-state index is 5.44. The molecule has 1 aromatic heterocycles. The van der Waals surface area contributed by atoms with Crippen molar-refractivity contribution in [2.45, 2.75) is 38.4 Å². The van der Waals surface area contributed by atoms with Gasteiger partial charge in [-0.3, -0.25) is 4.68 Å². The minimum absolute atomic E-state index is 0.665. The molecule has 0 atom stereocenters. The average molecular weight is 253 g/mol. The number of aryl methyl sites for hydroxylation is 1. The fourth-order valence-corrected chi connectivity index (χ4v) is 1.81. The van der Waals surface area contributed by atoms with Crippen molar-refractivity contribution in [3.8, 4) is 0 Å². The van der Waals surface area contributed by atoms with Crippen LogP contribution in [0.3, 0.4) is 0 Å². The molecule has 5 nitrogen and oxygen atoms in total. The van der Waals surface area contributed by atoms with Crippen molar-refractivity contribution in [3.05, 3.63) is 18.0 Å². The summed E-state index contributed by atoms with van der Waals surface area (Å²) in [6.45, 7) is 3.94. The van der Waals surface area contributed by atoms with Gasteiger partial charge in [0, 0.05) is 39.0 Å². The smallest absolute Gasteiger partial charge is 0.0700 e. The summed E-state index contributed by atoms with van der Waals surface area (Å²) in [6.07, 6.45) is 5.50. The molecule has 0 saturated heterocycles. The summed E-state index contributed by atoms with van der Waals surface area (Å²) in [5.74, 6) is 0. The molecule has 18 heavy (non-hydrogen) atoms. The van der Waals surface area contributed by atoms with Crippen LogP contribution in [0.2, 0.25) is 0 Å². The molecule has 1 fully saturated rings. The van der Waals surface area contributed by atoms with E-state index in [0.29, 0.717) is 13.2 Å². The summed E-state index contributed by atoms with van der Waals surface area (Å²) in [6, 6.07) is 2.83. The molecule has 0 spiro atoms. The van der Waals surface area contributed by atoms with E-state index in [2.05, 4.69) is 21.2 Å². The highest BCUT2D eigenvalue weighted by molar-refractivity contribution is 5.01. The van der Waals surface area contributed by atoms with Gasteiger partial charge in [0.05, 0.1) is 18.9 Å². The van der Waals surface area contributed by atoms with Crippen LogP contribution in [0.15, 0.2) is 12.3 Å². The quantitative estimate of drug-likeness (QED) is 0.636. The number of aromatic nitrogens is 2. The first kappa shape index (κ1) is 13.5. The Morgan fingerprint density at radius 2 is 2.28 bits per heavy atom. The largest absolute Gasteiger partial charge is 0.382 e. The summed E-state index contributed by atoms with van der Waals surface area (Å²) in [4.78, 5) is 0. The SMILES string of the molecule is COCCOCCCn1nccc1CNC1CC1. The lowest BCUT2D eigenvalue weighted by atomic mass is 10.4. The Kier molecular flexibility index (Phi) is 5.64. The lowest BCUT2D eigenvalue weighted by Crippen LogP contribution is -2.19. The molecule has 1 aromatic rings. The van der Waals surface area contributed by atoms with Gasteiger partial charge in [-0.25, -0.2) is 0 Å². The first-order valence-corrected chi connectivity index (χ1v) is 6.71. The number of ether oxygens (including phenoxy) is 2. The van der Waals surface area contributed by atoms with Crippen LogP contribution in [-0.4, -0.2) is 42.8 Å². The number of rotatable bonds is 10. The topological polar surface area (TPSA) is 48.3 Å². The van der Waals surface area contributed by atoms with Gasteiger partial charge in [0.25, 0.3) is 0 Å². The number of nitrogens with one attached hydrogen (secondary N) is 1. The van der Waals surface area contributed by atoms with Crippen LogP contribution < -0.4 is 5.32 Å². The maximum Gasteiger partial charge on any atom is 0.0700 e. The van der Waals surface area contributed by atoms with Crippen molar-refractivity contribution < 1.29 is 9.47 Å². The van der Waals surface area contributed by atoms with Gasteiger partial charge in [-0.2, -0.15) is 5.10 Å². The molecule has 0 amide bonds. The third kappa shape index (κ3) is 4.76. The molecule has 1 aliphatic carbocycles. The molecule has 102 valence electrons. The van der Waals surface area contributed by atoms with E-state index in [1.165, 1.54) is 18.5 Å². The van der Waals surface area contributed by atoms with E-state index >= 15 is 0 Å². The van der Waals surface area contributed by atoms with Crippen molar-refractivity contribution in [1.29, 1.82) is 0 Å². The molecular weight excluding hydrogens is 230 g/mol. The van der Waals surface area contributed by atoms with Crippen LogP contribution in [0.4, 0.5) is 0 Å². The molecule has 1 saturated carbocycles. The summed E-state index contributed by atoms with van der Waals surface area (Å²) in [5.41, 5.74) is 1.26. The monoisotopic (exact) mass is 253 g/mol. The molecule has 1 heterocycles. The van der Waals surface area contributed by atoms with Gasteiger partial charge >= 0.3 is 0 Å². The van der Waals surface area contributed by atoms with Crippen LogP contribution in [-0.2, 0) is 22.6 Å². The van der Waals surface area contributed by atoms with Gasteiger partial charge in [-0.1, -0.05) is 0 Å². The van der Waals surface area contributed by atoms with E-state index in [1.807, 2.05) is 6.20 Å². The van der Waals surface area contributed by atoms with Gasteiger partial charge in [-0.05, 0) is 25.3 Å². The Morgan fingerprint density at radius 3 is 3.06 bits per heavy atom. The van der Waals surface area contributed by atoms with Crippen molar-refractivity contribution in [2.75, 3.05) is 26.9 Å². The van der Waals surface area contributed by atoms with Crippen molar-refractivity contribution in [1.82, 2.24) is 15.1 Å². The van der Waals surface area contributed by atoms with E-state index < -0.39 is 0 Å². The summed E-state index contributed by atoms with van der Waals surface area (Å²) in [7, 11) is 1.69. The summed E-state index contributed by atoms with van der Waals surface area (Å²) < 4.78 is 12.4. The standard InChI is InChI=1S/C13H23N3O2/c1-17-9-10-18-8-2-7-16-13(5-6-15-16)11-14-12-3-4-12/h5-6,12,14H,2-4,7-11H2,1H3. The fourth-order valence-electron chi connectivity index (χ4n) is 1.81. The lowest BCUT2D eigenvalue weighted by Gasteiger charge is -2.08. The molecule has 1 aliphatic rings. The van der Waals surface area contributed by atoms with E-state index in [9.17, 15) is 0 Å². The van der Waals surface area contributed by atoms with Crippen LogP contribution >= 0.6 is 0 Å². The number of hydrogen-bond acceptors (Lipinski definition) is 4. The van der Waals surface area contributed by atoms with Crippen molar-refractivity contribution in [2.24, 2.45) is 0 Å². The molecule has 5 heteroatoms. The Balaban J connectivity index is 1.60. The summed E-state index contributed by atoms with van der Waals surface area (Å²) >= 11 is 0. The zero-order chi connectivity index (χ0) is 12.6. The maximum atomic E-state index is 5.44. The Hall–Kier alpha value is -0.910. The highest BCUT2D eigenvalue weighted by Gasteiger charge is 2.20. The van der Waals surface area contributed by atoms with Gasteiger partial charge in [0.1, 0.15) is 0 Å². The highest BCUT2D eigenvalue weighted by atomic mass is 16.5. The first-order chi connectivity index (χ1) is 8.90. The summed E-state index contributed by atoms with van der Waals surface area (Å²) in [5, 5.41) is 7.85. The second kappa shape index (κ2) is 7.51. The van der Waals surface area contributed by atoms with Crippen LogP contribution in [0, 0.1) is 0 Å². The van der Waals surface area contributed by atoms with Crippen molar-refractivity contribution in [3.63, 3.8) is 0 Å². The minimum Gasteiger partial charge on any atom is -0.382 e. The van der Waals surface area contributed by atoms with Crippen LogP contribution in [0.5, 0.6) is 0 Å². The molecule has 0 unspecified atom stereocenters. The molecule has 2 rings (SSSR count). The number of nitrogens with zero attached hydrogens (tertiary/aromatic N) is 2. The second-order valence-corrected chi connectivity index (χ2v) is 4.66. The van der Waals surface area contributed by atoms with E-state index in [4.69, 9.17) is 9.47 Å². The van der Waals surface area contributed by atoms with E-state index in [-0.39, 0.29) is 0 Å². The van der Waals surface area contributed by atoms with Gasteiger partial charge < -0.3 is 14.8 Å². The van der Waals surface area contributed by atoms with Crippen LogP contribution in [0.1, 0.15) is 25.0 Å². The zero-order valence-electron chi connectivity index (χ0n) is 11.1. The molecule has 0 aliphatic heterocycles. The molecule has 1 N–H and O–H groups in total. The highest BCUT2D eigenvalue weighted by Crippen LogP contribution is 2.19.